The van der Waals surface area contributed by atoms with Crippen LogP contribution in [0.15, 0.2) is 24.4 Å². The molecule has 0 saturated carbocycles. The van der Waals surface area contributed by atoms with Gasteiger partial charge in [0, 0.05) is 17.8 Å². The number of aliphatic hydroxyl groups is 1. The fourth-order valence-corrected chi connectivity index (χ4v) is 1.86. The third-order valence-corrected chi connectivity index (χ3v) is 2.81. The van der Waals surface area contributed by atoms with Crippen molar-refractivity contribution in [3.63, 3.8) is 0 Å². The number of phenolic OH excluding ortho intramolecular Hbond substituents is 1. The SMILES string of the molecule is [NH3+]CC(O)c1ccc(O)c2c1C=CC(=O)NC=C2. The summed E-state index contributed by atoms with van der Waals surface area (Å²) in [4.78, 5) is 11.3. The largest absolute Gasteiger partial charge is 0.507 e. The Kier molecular flexibility index (Phi) is 3.45. The molecule has 1 atom stereocenters. The highest BCUT2D eigenvalue weighted by molar-refractivity contribution is 5.95. The van der Waals surface area contributed by atoms with Gasteiger partial charge in [-0.1, -0.05) is 6.07 Å². The number of carbonyl (C=O) groups excluding carboxylic acids is 1. The molecule has 0 bridgehead atoms. The van der Waals surface area contributed by atoms with Gasteiger partial charge in [0.1, 0.15) is 18.4 Å². The lowest BCUT2D eigenvalue weighted by atomic mass is 9.95. The summed E-state index contributed by atoms with van der Waals surface area (Å²) in [5, 5.41) is 22.2. The molecule has 94 valence electrons. The summed E-state index contributed by atoms with van der Waals surface area (Å²) in [6.07, 6.45) is 5.29. The smallest absolute Gasteiger partial charge is 0.247 e. The maximum absolute atomic E-state index is 11.3. The van der Waals surface area contributed by atoms with Gasteiger partial charge < -0.3 is 21.3 Å². The van der Waals surface area contributed by atoms with Gasteiger partial charge in [-0.05, 0) is 29.3 Å². The van der Waals surface area contributed by atoms with Gasteiger partial charge >= 0.3 is 0 Å². The van der Waals surface area contributed by atoms with Crippen LogP contribution in [0.1, 0.15) is 22.8 Å². The fraction of sp³-hybridized carbons (Fsp3) is 0.154. The van der Waals surface area contributed by atoms with Gasteiger partial charge in [-0.15, -0.1) is 0 Å². The van der Waals surface area contributed by atoms with E-state index < -0.39 is 6.10 Å². The van der Waals surface area contributed by atoms with Gasteiger partial charge in [-0.25, -0.2) is 0 Å². The van der Waals surface area contributed by atoms with Gasteiger partial charge in [0.2, 0.25) is 5.91 Å². The quantitative estimate of drug-likeness (QED) is 0.581. The molecule has 0 fully saturated rings. The average molecular weight is 247 g/mol. The van der Waals surface area contributed by atoms with Crippen molar-refractivity contribution in [3.8, 4) is 5.75 Å². The van der Waals surface area contributed by atoms with Crippen LogP contribution >= 0.6 is 0 Å². The molecule has 5 nitrogen and oxygen atoms in total. The molecule has 5 heteroatoms. The molecule has 0 aromatic heterocycles. The molecule has 1 heterocycles. The Bertz CT molecular complexity index is 535. The number of aromatic hydroxyl groups is 1. The zero-order valence-corrected chi connectivity index (χ0v) is 9.76. The second-order valence-corrected chi connectivity index (χ2v) is 3.98. The molecule has 0 radical (unpaired) electrons. The molecule has 18 heavy (non-hydrogen) atoms. The predicted molar refractivity (Wildman–Crippen MR) is 67.0 cm³/mol. The molecule has 1 unspecified atom stereocenters. The van der Waals surface area contributed by atoms with Crippen LogP contribution in [0.3, 0.4) is 0 Å². The minimum absolute atomic E-state index is 0.0991. The van der Waals surface area contributed by atoms with Crippen LogP contribution in [-0.4, -0.2) is 22.7 Å². The van der Waals surface area contributed by atoms with Crippen molar-refractivity contribution >= 4 is 18.1 Å². The zero-order valence-electron chi connectivity index (χ0n) is 9.76. The first-order valence-electron chi connectivity index (χ1n) is 5.61. The minimum atomic E-state index is -0.722. The normalized spacial score (nSPS) is 15.6. The third-order valence-electron chi connectivity index (χ3n) is 2.81. The molecule has 1 amide bonds. The molecule has 2 rings (SSSR count). The molecule has 1 aromatic rings. The molecule has 0 aliphatic carbocycles. The van der Waals surface area contributed by atoms with Gasteiger partial charge in [-0.3, -0.25) is 4.79 Å². The number of hydrogen-bond donors (Lipinski definition) is 4. The first kappa shape index (κ1) is 12.3. The number of aliphatic hydroxyl groups excluding tert-OH is 1. The standard InChI is InChI=1S/C13H14N2O3/c14-7-12(17)9-1-3-11(16)10-5-6-15-13(18)4-2-8(9)10/h1-6,12,16-17H,7,14H2,(H,15,18)/p+1. The van der Waals surface area contributed by atoms with E-state index in [2.05, 4.69) is 11.1 Å². The number of carbonyl (C=O) groups is 1. The molecule has 0 saturated heterocycles. The van der Waals surface area contributed by atoms with E-state index >= 15 is 0 Å². The minimum Gasteiger partial charge on any atom is -0.507 e. The van der Waals surface area contributed by atoms with Crippen molar-refractivity contribution in [2.45, 2.75) is 6.10 Å². The molecular weight excluding hydrogens is 232 g/mol. The van der Waals surface area contributed by atoms with Gasteiger partial charge in [0.15, 0.2) is 0 Å². The second kappa shape index (κ2) is 5.03. The van der Waals surface area contributed by atoms with Crippen molar-refractivity contribution < 1.29 is 20.7 Å². The van der Waals surface area contributed by atoms with Crippen molar-refractivity contribution in [1.29, 1.82) is 0 Å². The number of nitrogens with one attached hydrogen (secondary N) is 1. The maximum atomic E-state index is 11.3. The number of amides is 1. The van der Waals surface area contributed by atoms with Crippen LogP contribution in [0.4, 0.5) is 0 Å². The van der Waals surface area contributed by atoms with E-state index in [1.54, 1.807) is 18.2 Å². The maximum Gasteiger partial charge on any atom is 0.247 e. The number of hydrogen-bond acceptors (Lipinski definition) is 3. The number of benzene rings is 1. The Hall–Kier alpha value is -2.11. The van der Waals surface area contributed by atoms with E-state index in [-0.39, 0.29) is 11.7 Å². The fourth-order valence-electron chi connectivity index (χ4n) is 1.86. The lowest BCUT2D eigenvalue weighted by Gasteiger charge is -2.15. The lowest BCUT2D eigenvalue weighted by Crippen LogP contribution is -2.53. The van der Waals surface area contributed by atoms with Gasteiger partial charge in [-0.2, -0.15) is 0 Å². The monoisotopic (exact) mass is 247 g/mol. The molecular formula is C13H15N2O3+. The summed E-state index contributed by atoms with van der Waals surface area (Å²) in [7, 11) is 0. The van der Waals surface area contributed by atoms with Crippen LogP contribution in [0.2, 0.25) is 0 Å². The molecule has 1 aromatic carbocycles. The van der Waals surface area contributed by atoms with Gasteiger partial charge in [0.05, 0.1) is 0 Å². The number of phenols is 1. The predicted octanol–water partition coefficient (Wildman–Crippen LogP) is -0.219. The Morgan fingerprint density at radius 2 is 2.00 bits per heavy atom. The van der Waals surface area contributed by atoms with Crippen molar-refractivity contribution in [2.75, 3.05) is 6.54 Å². The summed E-state index contributed by atoms with van der Waals surface area (Å²) >= 11 is 0. The van der Waals surface area contributed by atoms with Crippen LogP contribution in [0.25, 0.3) is 12.2 Å². The average Bonchev–Trinajstić information content (AvgIpc) is 2.35. The summed E-state index contributed by atoms with van der Waals surface area (Å²) in [6.45, 7) is 0.320. The molecule has 0 spiro atoms. The Balaban J connectivity index is 2.63. The first-order chi connectivity index (χ1) is 8.63. The Morgan fingerprint density at radius 3 is 2.72 bits per heavy atom. The summed E-state index contributed by atoms with van der Waals surface area (Å²) < 4.78 is 0. The van der Waals surface area contributed by atoms with Crippen LogP contribution in [-0.2, 0) is 4.79 Å². The molecule has 1 aliphatic heterocycles. The summed E-state index contributed by atoms with van der Waals surface area (Å²) in [5.41, 5.74) is 5.51. The number of fused-ring (bicyclic) bond motifs is 1. The Labute approximate surface area is 104 Å². The lowest BCUT2D eigenvalue weighted by molar-refractivity contribution is -0.385. The van der Waals surface area contributed by atoms with E-state index in [1.165, 1.54) is 18.3 Å². The Morgan fingerprint density at radius 1 is 1.22 bits per heavy atom. The number of quaternary nitrogens is 1. The second-order valence-electron chi connectivity index (χ2n) is 3.98. The van der Waals surface area contributed by atoms with Gasteiger partial charge in [0.25, 0.3) is 0 Å². The van der Waals surface area contributed by atoms with Crippen molar-refractivity contribution in [1.82, 2.24) is 5.32 Å². The summed E-state index contributed by atoms with van der Waals surface area (Å²) in [6, 6.07) is 3.16. The van der Waals surface area contributed by atoms with Crippen molar-refractivity contribution in [2.24, 2.45) is 0 Å². The topological polar surface area (TPSA) is 97.2 Å². The zero-order chi connectivity index (χ0) is 13.1. The van der Waals surface area contributed by atoms with Crippen LogP contribution < -0.4 is 11.1 Å². The highest BCUT2D eigenvalue weighted by Crippen LogP contribution is 2.30. The van der Waals surface area contributed by atoms with E-state index in [9.17, 15) is 15.0 Å². The van der Waals surface area contributed by atoms with E-state index in [0.29, 0.717) is 23.2 Å². The van der Waals surface area contributed by atoms with E-state index in [0.717, 1.165) is 0 Å². The van der Waals surface area contributed by atoms with Crippen molar-refractivity contribution in [3.05, 3.63) is 41.1 Å². The summed E-state index contributed by atoms with van der Waals surface area (Å²) in [5.74, 6) is -0.155. The van der Waals surface area contributed by atoms with Crippen LogP contribution in [0, 0.1) is 0 Å². The highest BCUT2D eigenvalue weighted by Gasteiger charge is 2.16. The third kappa shape index (κ3) is 2.27. The first-order valence-corrected chi connectivity index (χ1v) is 5.61. The van der Waals surface area contributed by atoms with E-state index in [4.69, 9.17) is 0 Å². The highest BCUT2D eigenvalue weighted by atomic mass is 16.3. The van der Waals surface area contributed by atoms with Crippen LogP contribution in [0.5, 0.6) is 5.75 Å². The van der Waals surface area contributed by atoms with E-state index in [1.807, 2.05) is 0 Å². The molecule has 1 aliphatic rings. The number of rotatable bonds is 2. The molecule has 6 N–H and O–H groups in total.